The number of nitrogens with zero attached hydrogens (tertiary/aromatic N) is 1. The second kappa shape index (κ2) is 8.11. The van der Waals surface area contributed by atoms with E-state index in [2.05, 4.69) is 0 Å². The Bertz CT molecular complexity index is 861. The summed E-state index contributed by atoms with van der Waals surface area (Å²) in [5.41, 5.74) is 0.969. The summed E-state index contributed by atoms with van der Waals surface area (Å²) >= 11 is 0. The lowest BCUT2D eigenvalue weighted by Gasteiger charge is -2.15. The topological polar surface area (TPSA) is 105 Å². The molecule has 0 aliphatic heterocycles. The molecule has 2 aromatic carbocycles. The fraction of sp³-hybridized carbons (Fsp3) is 0.222. The normalized spacial score (nSPS) is 10.1. The van der Waals surface area contributed by atoms with Gasteiger partial charge in [0.05, 0.1) is 31.8 Å². The highest BCUT2D eigenvalue weighted by atomic mass is 16.6. The van der Waals surface area contributed by atoms with Crippen LogP contribution in [0.2, 0.25) is 0 Å². The first kappa shape index (κ1) is 18.9. The van der Waals surface area contributed by atoms with Crippen molar-refractivity contribution in [3.63, 3.8) is 0 Å². The number of carbonyl (C=O) groups is 2. The van der Waals surface area contributed by atoms with E-state index in [0.29, 0.717) is 35.2 Å². The van der Waals surface area contributed by atoms with Crippen LogP contribution < -0.4 is 14.2 Å². The van der Waals surface area contributed by atoms with Crippen LogP contribution in [0.15, 0.2) is 24.3 Å². The highest BCUT2D eigenvalue weighted by molar-refractivity contribution is 5.79. The molecule has 0 aliphatic rings. The van der Waals surface area contributed by atoms with Crippen molar-refractivity contribution in [1.29, 1.82) is 0 Å². The zero-order valence-corrected chi connectivity index (χ0v) is 14.5. The van der Waals surface area contributed by atoms with Crippen molar-refractivity contribution >= 4 is 18.3 Å². The second-order valence-electron chi connectivity index (χ2n) is 5.31. The minimum absolute atomic E-state index is 0.0415. The van der Waals surface area contributed by atoms with Crippen molar-refractivity contribution in [3.8, 4) is 17.2 Å². The van der Waals surface area contributed by atoms with Crippen molar-refractivity contribution in [2.24, 2.45) is 0 Å². The van der Waals surface area contributed by atoms with E-state index in [1.54, 1.807) is 6.07 Å². The van der Waals surface area contributed by atoms with Crippen LogP contribution >= 0.6 is 0 Å². The molecule has 0 saturated heterocycles. The van der Waals surface area contributed by atoms with Crippen LogP contribution in [0.25, 0.3) is 0 Å². The lowest BCUT2D eigenvalue weighted by molar-refractivity contribution is -0.385. The molecule has 0 spiro atoms. The molecule has 8 nitrogen and oxygen atoms in total. The van der Waals surface area contributed by atoms with Gasteiger partial charge in [0.2, 0.25) is 0 Å². The van der Waals surface area contributed by atoms with Gasteiger partial charge in [-0.25, -0.2) is 0 Å². The molecule has 26 heavy (non-hydrogen) atoms. The summed E-state index contributed by atoms with van der Waals surface area (Å²) in [6, 6.07) is 5.67. The van der Waals surface area contributed by atoms with Gasteiger partial charge >= 0.3 is 0 Å². The first-order valence-electron chi connectivity index (χ1n) is 7.49. The summed E-state index contributed by atoms with van der Waals surface area (Å²) in [6.45, 7) is 0. The molecule has 0 bridgehead atoms. The van der Waals surface area contributed by atoms with E-state index >= 15 is 0 Å². The van der Waals surface area contributed by atoms with Crippen molar-refractivity contribution in [1.82, 2.24) is 0 Å². The molecule has 0 radical (unpaired) electrons. The summed E-state index contributed by atoms with van der Waals surface area (Å²) in [7, 11) is 4.22. The second-order valence-corrected chi connectivity index (χ2v) is 5.31. The Morgan fingerprint density at radius 2 is 1.50 bits per heavy atom. The molecule has 0 heterocycles. The number of benzene rings is 2. The third kappa shape index (κ3) is 3.64. The number of nitro groups is 1. The van der Waals surface area contributed by atoms with E-state index in [1.807, 2.05) is 0 Å². The van der Waals surface area contributed by atoms with Gasteiger partial charge in [-0.05, 0) is 18.2 Å². The van der Waals surface area contributed by atoms with Crippen LogP contribution in [0.4, 0.5) is 5.69 Å². The third-order valence-corrected chi connectivity index (χ3v) is 3.84. The van der Waals surface area contributed by atoms with Gasteiger partial charge in [0.15, 0.2) is 11.5 Å². The van der Waals surface area contributed by atoms with E-state index in [9.17, 15) is 19.7 Å². The predicted molar refractivity (Wildman–Crippen MR) is 92.8 cm³/mol. The van der Waals surface area contributed by atoms with Crippen LogP contribution in [0.1, 0.15) is 31.8 Å². The minimum Gasteiger partial charge on any atom is -0.496 e. The van der Waals surface area contributed by atoms with Gasteiger partial charge in [0.1, 0.15) is 18.3 Å². The fourth-order valence-corrected chi connectivity index (χ4v) is 2.70. The molecule has 0 saturated carbocycles. The molecule has 0 aromatic heterocycles. The smallest absolute Gasteiger partial charge is 0.277 e. The zero-order valence-electron chi connectivity index (χ0n) is 14.5. The number of rotatable bonds is 8. The van der Waals surface area contributed by atoms with Crippen molar-refractivity contribution in [2.45, 2.75) is 6.42 Å². The van der Waals surface area contributed by atoms with Crippen LogP contribution in [-0.4, -0.2) is 38.8 Å². The Morgan fingerprint density at radius 1 is 0.923 bits per heavy atom. The molecule has 0 aliphatic carbocycles. The van der Waals surface area contributed by atoms with Gasteiger partial charge in [-0.3, -0.25) is 19.7 Å². The summed E-state index contributed by atoms with van der Waals surface area (Å²) < 4.78 is 15.8. The highest BCUT2D eigenvalue weighted by Crippen LogP contribution is 2.38. The molecule has 136 valence electrons. The Kier molecular flexibility index (Phi) is 5.90. The van der Waals surface area contributed by atoms with Crippen LogP contribution in [0, 0.1) is 10.1 Å². The highest BCUT2D eigenvalue weighted by Gasteiger charge is 2.23. The number of hydrogen-bond acceptors (Lipinski definition) is 7. The maximum atomic E-state index is 11.5. The monoisotopic (exact) mass is 359 g/mol. The summed E-state index contributed by atoms with van der Waals surface area (Å²) in [5.74, 6) is 0.881. The van der Waals surface area contributed by atoms with E-state index in [1.165, 1.54) is 39.5 Å². The zero-order chi connectivity index (χ0) is 19.3. The van der Waals surface area contributed by atoms with Gasteiger partial charge in [-0.1, -0.05) is 0 Å². The van der Waals surface area contributed by atoms with Crippen LogP contribution in [0.3, 0.4) is 0 Å². The Hall–Kier alpha value is -3.42. The lowest BCUT2D eigenvalue weighted by Crippen LogP contribution is -2.04. The number of methoxy groups -OCH3 is 3. The first-order valence-corrected chi connectivity index (χ1v) is 7.49. The molecule has 0 atom stereocenters. The number of hydrogen-bond donors (Lipinski definition) is 0. The SMILES string of the molecule is COc1cc(C=O)cc([N+](=O)[O-])c1Cc1cc(C=O)cc(OC)c1OC. The van der Waals surface area contributed by atoms with Gasteiger partial charge in [-0.2, -0.15) is 0 Å². The Balaban J connectivity index is 2.69. The van der Waals surface area contributed by atoms with Crippen molar-refractivity contribution in [2.75, 3.05) is 21.3 Å². The lowest BCUT2D eigenvalue weighted by atomic mass is 9.98. The average molecular weight is 359 g/mol. The maximum Gasteiger partial charge on any atom is 0.277 e. The van der Waals surface area contributed by atoms with E-state index in [-0.39, 0.29) is 29.0 Å². The molecule has 2 aromatic rings. The maximum absolute atomic E-state index is 11.5. The van der Waals surface area contributed by atoms with Crippen LogP contribution in [-0.2, 0) is 6.42 Å². The van der Waals surface area contributed by atoms with Crippen LogP contribution in [0.5, 0.6) is 17.2 Å². The first-order chi connectivity index (χ1) is 12.5. The Morgan fingerprint density at radius 3 is 2.00 bits per heavy atom. The summed E-state index contributed by atoms with van der Waals surface area (Å²) in [4.78, 5) is 33.1. The number of aldehydes is 2. The van der Waals surface area contributed by atoms with Gasteiger partial charge in [0, 0.05) is 29.2 Å². The molecule has 0 unspecified atom stereocenters. The van der Waals surface area contributed by atoms with Gasteiger partial charge < -0.3 is 14.2 Å². The Labute approximate surface area is 149 Å². The van der Waals surface area contributed by atoms with Gasteiger partial charge in [0.25, 0.3) is 5.69 Å². The van der Waals surface area contributed by atoms with E-state index < -0.39 is 4.92 Å². The predicted octanol–water partition coefficient (Wildman–Crippen LogP) is 2.84. The standard InChI is InChI=1S/C18H17NO7/c1-24-16-6-12(10-21)5-15(19(22)23)14(16)8-13-4-11(9-20)7-17(25-2)18(13)26-3/h4-7,9-10H,8H2,1-3H3. The average Bonchev–Trinajstić information content (AvgIpc) is 2.66. The molecule has 2 rings (SSSR count). The quantitative estimate of drug-likeness (QED) is 0.405. The molecule has 0 fully saturated rings. The molecule has 0 N–H and O–H groups in total. The van der Waals surface area contributed by atoms with E-state index in [4.69, 9.17) is 14.2 Å². The third-order valence-electron chi connectivity index (χ3n) is 3.84. The van der Waals surface area contributed by atoms with Gasteiger partial charge in [-0.15, -0.1) is 0 Å². The molecular formula is C18H17NO7. The molecule has 0 amide bonds. The number of nitro benzene ring substituents is 1. The summed E-state index contributed by atoms with van der Waals surface area (Å²) in [6.07, 6.45) is 1.20. The number of ether oxygens (including phenoxy) is 3. The summed E-state index contributed by atoms with van der Waals surface area (Å²) in [5, 5.41) is 11.5. The van der Waals surface area contributed by atoms with Crippen molar-refractivity contribution < 1.29 is 28.7 Å². The van der Waals surface area contributed by atoms with E-state index in [0.717, 1.165) is 0 Å². The minimum atomic E-state index is -0.585. The molecular weight excluding hydrogens is 342 g/mol. The fourth-order valence-electron chi connectivity index (χ4n) is 2.70. The molecule has 8 heteroatoms. The van der Waals surface area contributed by atoms with Crippen molar-refractivity contribution in [3.05, 3.63) is 56.6 Å². The number of carbonyl (C=O) groups excluding carboxylic acids is 2. The largest absolute Gasteiger partial charge is 0.496 e.